The van der Waals surface area contributed by atoms with Crippen molar-refractivity contribution in [3.63, 3.8) is 0 Å². The lowest BCUT2D eigenvalue weighted by molar-refractivity contribution is -0.149. The molecule has 2 aliphatic heterocycles. The molecule has 2 amide bonds. The molecule has 2 rings (SSSR count). The van der Waals surface area contributed by atoms with Gasteiger partial charge >= 0.3 is 0 Å². The van der Waals surface area contributed by atoms with Crippen LogP contribution in [0, 0.1) is 5.92 Å². The third-order valence-electron chi connectivity index (χ3n) is 4.34. The van der Waals surface area contributed by atoms with Crippen molar-refractivity contribution in [1.82, 2.24) is 10.2 Å². The van der Waals surface area contributed by atoms with Gasteiger partial charge < -0.3 is 10.2 Å². The Morgan fingerprint density at radius 3 is 2.67 bits per heavy atom. The fourth-order valence-electron chi connectivity index (χ4n) is 3.25. The lowest BCUT2D eigenvalue weighted by Gasteiger charge is -2.41. The monoisotopic (exact) mass is 312 g/mol. The summed E-state index contributed by atoms with van der Waals surface area (Å²) in [6.45, 7) is 6.91. The third kappa shape index (κ3) is 4.15. The fraction of sp³-hybridized carbons (Fsp3) is 0.875. The summed E-state index contributed by atoms with van der Waals surface area (Å²) in [4.78, 5) is 26.9. The number of piperazine rings is 1. The predicted octanol–water partition coefficient (Wildman–Crippen LogP) is 2.42. The molecule has 0 aromatic rings. The zero-order chi connectivity index (χ0) is 15.4. The molecule has 0 bridgehead atoms. The standard InChI is InChI=1S/C16H28N2O2S/c1-4-14-15(19)17-13(9-11(2)3)16(20)18(14)10-12-7-5-6-8-21-12/h11-14H,4-10H2,1-3H3,(H,17,19). The Morgan fingerprint density at radius 2 is 2.10 bits per heavy atom. The molecule has 2 aliphatic rings. The lowest BCUT2D eigenvalue weighted by atomic mass is 9.97. The van der Waals surface area contributed by atoms with E-state index in [4.69, 9.17) is 0 Å². The summed E-state index contributed by atoms with van der Waals surface area (Å²) < 4.78 is 0. The summed E-state index contributed by atoms with van der Waals surface area (Å²) in [7, 11) is 0. The van der Waals surface area contributed by atoms with Crippen LogP contribution in [-0.4, -0.2) is 46.3 Å². The highest BCUT2D eigenvalue weighted by atomic mass is 32.2. The van der Waals surface area contributed by atoms with Crippen LogP contribution in [-0.2, 0) is 9.59 Å². The van der Waals surface area contributed by atoms with Gasteiger partial charge in [0, 0.05) is 11.8 Å². The van der Waals surface area contributed by atoms with Crippen LogP contribution in [0.2, 0.25) is 0 Å². The lowest BCUT2D eigenvalue weighted by Crippen LogP contribution is -2.64. The number of hydrogen-bond acceptors (Lipinski definition) is 3. The topological polar surface area (TPSA) is 49.4 Å². The first-order chi connectivity index (χ1) is 10.0. The first-order valence-electron chi connectivity index (χ1n) is 8.25. The molecule has 5 heteroatoms. The van der Waals surface area contributed by atoms with E-state index in [1.807, 2.05) is 23.6 Å². The normalized spacial score (nSPS) is 30.7. The van der Waals surface area contributed by atoms with Crippen LogP contribution in [0.3, 0.4) is 0 Å². The summed E-state index contributed by atoms with van der Waals surface area (Å²) in [6, 6.07) is -0.600. The van der Waals surface area contributed by atoms with Crippen molar-refractivity contribution < 1.29 is 9.59 Å². The summed E-state index contributed by atoms with van der Waals surface area (Å²) in [5.41, 5.74) is 0. The van der Waals surface area contributed by atoms with Gasteiger partial charge in [0.2, 0.25) is 11.8 Å². The number of carbonyl (C=O) groups excluding carboxylic acids is 2. The maximum Gasteiger partial charge on any atom is 0.245 e. The van der Waals surface area contributed by atoms with E-state index in [2.05, 4.69) is 19.2 Å². The Hall–Kier alpha value is -0.710. The van der Waals surface area contributed by atoms with Crippen molar-refractivity contribution in [2.45, 2.75) is 70.2 Å². The number of thioether (sulfide) groups is 1. The van der Waals surface area contributed by atoms with Gasteiger partial charge in [-0.05, 0) is 37.4 Å². The number of carbonyl (C=O) groups is 2. The van der Waals surface area contributed by atoms with Crippen molar-refractivity contribution >= 4 is 23.6 Å². The van der Waals surface area contributed by atoms with Crippen LogP contribution in [0.25, 0.3) is 0 Å². The van der Waals surface area contributed by atoms with Crippen LogP contribution < -0.4 is 5.32 Å². The predicted molar refractivity (Wildman–Crippen MR) is 87.3 cm³/mol. The second-order valence-electron chi connectivity index (χ2n) is 6.59. The van der Waals surface area contributed by atoms with Crippen LogP contribution in [0.4, 0.5) is 0 Å². The molecule has 0 aliphatic carbocycles. The van der Waals surface area contributed by atoms with E-state index in [1.165, 1.54) is 25.0 Å². The molecule has 0 radical (unpaired) electrons. The minimum atomic E-state index is -0.325. The van der Waals surface area contributed by atoms with Gasteiger partial charge in [0.25, 0.3) is 0 Å². The Labute approximate surface area is 132 Å². The third-order valence-corrected chi connectivity index (χ3v) is 5.73. The van der Waals surface area contributed by atoms with E-state index >= 15 is 0 Å². The molecular formula is C16H28N2O2S. The van der Waals surface area contributed by atoms with Crippen molar-refractivity contribution in [3.8, 4) is 0 Å². The quantitative estimate of drug-likeness (QED) is 0.848. The van der Waals surface area contributed by atoms with E-state index in [0.29, 0.717) is 17.6 Å². The largest absolute Gasteiger partial charge is 0.342 e. The van der Waals surface area contributed by atoms with Crippen molar-refractivity contribution in [1.29, 1.82) is 0 Å². The highest BCUT2D eigenvalue weighted by Crippen LogP contribution is 2.28. The molecule has 120 valence electrons. The Kier molecular flexibility index (Phi) is 5.97. The SMILES string of the molecule is CCC1C(=O)NC(CC(C)C)C(=O)N1CC1CCCCS1. The molecule has 3 atom stereocenters. The van der Waals surface area contributed by atoms with E-state index < -0.39 is 0 Å². The van der Waals surface area contributed by atoms with E-state index in [1.54, 1.807) is 0 Å². The number of amides is 2. The summed E-state index contributed by atoms with van der Waals surface area (Å²) in [5.74, 6) is 1.75. The number of nitrogens with zero attached hydrogens (tertiary/aromatic N) is 1. The van der Waals surface area contributed by atoms with E-state index in [-0.39, 0.29) is 23.9 Å². The first kappa shape index (κ1) is 16.7. The van der Waals surface area contributed by atoms with E-state index in [0.717, 1.165) is 13.0 Å². The Bertz CT molecular complexity index is 380. The average Bonchev–Trinajstić information content (AvgIpc) is 2.45. The van der Waals surface area contributed by atoms with Crippen molar-refractivity contribution in [2.75, 3.05) is 12.3 Å². The van der Waals surface area contributed by atoms with E-state index in [9.17, 15) is 9.59 Å². The van der Waals surface area contributed by atoms with Crippen LogP contribution in [0.15, 0.2) is 0 Å². The first-order valence-corrected chi connectivity index (χ1v) is 9.30. The van der Waals surface area contributed by atoms with Gasteiger partial charge in [-0.25, -0.2) is 0 Å². The van der Waals surface area contributed by atoms with Crippen molar-refractivity contribution in [3.05, 3.63) is 0 Å². The van der Waals surface area contributed by atoms with Crippen LogP contribution >= 0.6 is 11.8 Å². The molecule has 2 fully saturated rings. The molecule has 21 heavy (non-hydrogen) atoms. The number of nitrogens with one attached hydrogen (secondary N) is 1. The highest BCUT2D eigenvalue weighted by molar-refractivity contribution is 7.99. The molecule has 2 saturated heterocycles. The van der Waals surface area contributed by atoms with Crippen LogP contribution in [0.1, 0.15) is 52.9 Å². The Morgan fingerprint density at radius 1 is 1.33 bits per heavy atom. The summed E-state index contributed by atoms with van der Waals surface area (Å²) in [5, 5.41) is 3.43. The second-order valence-corrected chi connectivity index (χ2v) is 8.00. The molecule has 0 aromatic carbocycles. The number of hydrogen-bond donors (Lipinski definition) is 1. The molecule has 2 heterocycles. The molecule has 1 N–H and O–H groups in total. The summed E-state index contributed by atoms with van der Waals surface area (Å²) in [6.07, 6.45) is 5.13. The van der Waals surface area contributed by atoms with Gasteiger partial charge in [-0.1, -0.05) is 27.2 Å². The smallest absolute Gasteiger partial charge is 0.245 e. The molecule has 3 unspecified atom stereocenters. The minimum Gasteiger partial charge on any atom is -0.342 e. The molecule has 0 aromatic heterocycles. The average molecular weight is 312 g/mol. The molecular weight excluding hydrogens is 284 g/mol. The molecule has 0 spiro atoms. The highest BCUT2D eigenvalue weighted by Gasteiger charge is 2.40. The van der Waals surface area contributed by atoms with Gasteiger partial charge in [-0.3, -0.25) is 9.59 Å². The summed E-state index contributed by atoms with van der Waals surface area (Å²) >= 11 is 1.96. The maximum atomic E-state index is 12.8. The van der Waals surface area contributed by atoms with Crippen LogP contribution in [0.5, 0.6) is 0 Å². The van der Waals surface area contributed by atoms with Crippen molar-refractivity contribution in [2.24, 2.45) is 5.92 Å². The van der Waals surface area contributed by atoms with Gasteiger partial charge in [0.1, 0.15) is 12.1 Å². The molecule has 4 nitrogen and oxygen atoms in total. The molecule has 0 saturated carbocycles. The zero-order valence-corrected chi connectivity index (χ0v) is 14.2. The van der Waals surface area contributed by atoms with Gasteiger partial charge in [0.05, 0.1) is 0 Å². The van der Waals surface area contributed by atoms with Gasteiger partial charge in [0.15, 0.2) is 0 Å². The zero-order valence-electron chi connectivity index (χ0n) is 13.4. The maximum absolute atomic E-state index is 12.8. The Balaban J connectivity index is 2.08. The second kappa shape index (κ2) is 7.52. The van der Waals surface area contributed by atoms with Gasteiger partial charge in [-0.2, -0.15) is 11.8 Å². The minimum absolute atomic E-state index is 0.0311. The number of rotatable bonds is 5. The fourth-order valence-corrected chi connectivity index (χ4v) is 4.55. The van der Waals surface area contributed by atoms with Gasteiger partial charge in [-0.15, -0.1) is 0 Å².